The van der Waals surface area contributed by atoms with Gasteiger partial charge in [-0.2, -0.15) is 4.98 Å². The Morgan fingerprint density at radius 3 is 2.75 bits per heavy atom. The van der Waals surface area contributed by atoms with Crippen LogP contribution in [0.3, 0.4) is 0 Å². The summed E-state index contributed by atoms with van der Waals surface area (Å²) in [6.07, 6.45) is 3.82. The molecule has 2 unspecified atom stereocenters. The molecule has 0 amide bonds. The van der Waals surface area contributed by atoms with E-state index in [1.165, 1.54) is 12.1 Å². The number of nitrogens with one attached hydrogen (secondary N) is 1. The number of methoxy groups -OCH3 is 1. The van der Waals surface area contributed by atoms with E-state index in [0.29, 0.717) is 17.7 Å². The lowest BCUT2D eigenvalue weighted by Crippen LogP contribution is -2.48. The summed E-state index contributed by atoms with van der Waals surface area (Å²) in [5.74, 6) is 0.947. The molecule has 32 heavy (non-hydrogen) atoms. The van der Waals surface area contributed by atoms with Gasteiger partial charge in [-0.1, -0.05) is 11.6 Å². The number of piperidine rings is 1. The molecule has 1 aliphatic carbocycles. The summed E-state index contributed by atoms with van der Waals surface area (Å²) in [5, 5.41) is 7.38. The van der Waals surface area contributed by atoms with Crippen LogP contribution in [0.15, 0.2) is 36.5 Å². The molecule has 10 heteroatoms. The van der Waals surface area contributed by atoms with Gasteiger partial charge in [-0.3, -0.25) is 0 Å². The fourth-order valence-corrected chi connectivity index (χ4v) is 4.77. The molecule has 1 N–H and O–H groups in total. The largest absolute Gasteiger partial charge is 0.481 e. The van der Waals surface area contributed by atoms with Gasteiger partial charge >= 0.3 is 6.01 Å². The number of hydrogen-bond acceptors (Lipinski definition) is 7. The molecule has 0 spiro atoms. The Kier molecular flexibility index (Phi) is 4.62. The van der Waals surface area contributed by atoms with Crippen LogP contribution >= 0.6 is 11.6 Å². The molecule has 5 rings (SSSR count). The molecule has 3 aromatic rings. The van der Waals surface area contributed by atoms with Crippen LogP contribution in [0, 0.1) is 17.7 Å². The van der Waals surface area contributed by atoms with Crippen molar-refractivity contribution in [1.29, 1.82) is 0 Å². The zero-order valence-corrected chi connectivity index (χ0v) is 18.1. The Labute approximate surface area is 194 Å². The number of pyridine rings is 1. The quantitative estimate of drug-likeness (QED) is 0.591. The van der Waals surface area contributed by atoms with Gasteiger partial charge in [0.25, 0.3) is 0 Å². The number of aryl methyl sites for hydroxylation is 1. The van der Waals surface area contributed by atoms with Gasteiger partial charge in [-0.25, -0.2) is 14.1 Å². The molecular weight excluding hydrogens is 435 g/mol. The monoisotopic (exact) mass is 461 g/mol. The lowest BCUT2D eigenvalue weighted by Gasteiger charge is -2.39. The predicted molar refractivity (Wildman–Crippen MR) is 119 cm³/mol. The normalized spacial score (nSPS) is 23.9. The number of nitrogens with zero attached hydrogens (tertiary/aromatic N) is 5. The van der Waals surface area contributed by atoms with Gasteiger partial charge in [0, 0.05) is 54.2 Å². The highest BCUT2D eigenvalue weighted by Crippen LogP contribution is 2.40. The molecule has 168 valence electrons. The highest BCUT2D eigenvalue weighted by Gasteiger charge is 2.42. The molecule has 1 aromatic carbocycles. The second-order valence-corrected chi connectivity index (χ2v) is 8.44. The highest BCUT2D eigenvalue weighted by atomic mass is 35.5. The van der Waals surface area contributed by atoms with Crippen molar-refractivity contribution in [2.45, 2.75) is 18.9 Å². The van der Waals surface area contributed by atoms with Crippen molar-refractivity contribution in [1.82, 2.24) is 19.7 Å². The number of rotatable bonds is 6. The molecule has 1 aliphatic heterocycles. The minimum Gasteiger partial charge on any atom is -0.481 e. The minimum absolute atomic E-state index is 0.0931. The topological polar surface area (TPSA) is 77.3 Å². The summed E-state index contributed by atoms with van der Waals surface area (Å²) in [4.78, 5) is 10.8. The van der Waals surface area contributed by atoms with Crippen molar-refractivity contribution in [3.8, 4) is 17.6 Å². The van der Waals surface area contributed by atoms with Gasteiger partial charge in [-0.05, 0) is 42.9 Å². The lowest BCUT2D eigenvalue weighted by molar-refractivity contribution is 0.374. The Hall–Kier alpha value is -3.07. The van der Waals surface area contributed by atoms with E-state index in [1.807, 2.05) is 12.1 Å². The number of anilines is 2. The van der Waals surface area contributed by atoms with E-state index >= 15 is 0 Å². The van der Waals surface area contributed by atoms with Crippen LogP contribution < -0.4 is 19.7 Å². The number of aromatic nitrogens is 4. The molecule has 2 atom stereocenters. The first kappa shape index (κ1) is 17.5. The molecule has 2 aliphatic rings. The molecule has 3 heterocycles. The predicted octanol–water partition coefficient (Wildman–Crippen LogP) is 4.13. The second-order valence-electron chi connectivity index (χ2n) is 8.04. The Bertz CT molecular complexity index is 1210. The van der Waals surface area contributed by atoms with Gasteiger partial charge < -0.3 is 19.7 Å². The lowest BCUT2D eigenvalue weighted by atomic mass is 9.92. The summed E-state index contributed by atoms with van der Waals surface area (Å²) in [6.45, 7) is -0.952. The van der Waals surface area contributed by atoms with E-state index in [2.05, 4.69) is 25.3 Å². The van der Waals surface area contributed by atoms with Gasteiger partial charge in [0.05, 0.1) is 12.1 Å². The minimum atomic E-state index is -2.62. The summed E-state index contributed by atoms with van der Waals surface area (Å²) in [7, 11) is 1.60. The SMILES string of the molecule is [2H]C([2H])([2H])n1nc(NC2C3CCC2CN(c2ccnc(OC)c2)C3)nc1Oc1ccc(F)c(Cl)c1. The van der Waals surface area contributed by atoms with Crippen LogP contribution in [-0.4, -0.2) is 46.0 Å². The number of halogens is 2. The number of ether oxygens (including phenoxy) is 2. The van der Waals surface area contributed by atoms with Crippen molar-refractivity contribution in [3.63, 3.8) is 0 Å². The van der Waals surface area contributed by atoms with Gasteiger partial charge in [0.2, 0.25) is 11.8 Å². The standard InChI is InChI=1S/C22H24ClFN6O2/c1-29-22(32-16-5-6-18(24)17(23)10-16)27-21(28-29)26-20-13-3-4-14(20)12-30(11-13)15-7-8-25-19(9-15)31-2/h5-10,13-14,20H,3-4,11-12H2,1-2H3,(H,26,28)/i1D3. The smallest absolute Gasteiger partial charge is 0.321 e. The summed E-state index contributed by atoms with van der Waals surface area (Å²) >= 11 is 5.82. The first-order chi connectivity index (χ1) is 16.7. The van der Waals surface area contributed by atoms with Crippen LogP contribution in [0.2, 0.25) is 5.02 Å². The van der Waals surface area contributed by atoms with Crippen LogP contribution in [0.4, 0.5) is 16.0 Å². The average Bonchev–Trinajstić information content (AvgIpc) is 3.32. The first-order valence-electron chi connectivity index (χ1n) is 11.8. The molecular formula is C22H24ClFN6O2. The third-order valence-electron chi connectivity index (χ3n) is 6.10. The van der Waals surface area contributed by atoms with Gasteiger partial charge in [0.1, 0.15) is 11.6 Å². The van der Waals surface area contributed by atoms with E-state index in [9.17, 15) is 4.39 Å². The molecule has 2 bridgehead atoms. The molecule has 8 nitrogen and oxygen atoms in total. The molecule has 2 fully saturated rings. The van der Waals surface area contributed by atoms with Crippen LogP contribution in [0.5, 0.6) is 17.6 Å². The fourth-order valence-electron chi connectivity index (χ4n) is 4.60. The van der Waals surface area contributed by atoms with Crippen molar-refractivity contribution >= 4 is 23.2 Å². The third-order valence-corrected chi connectivity index (χ3v) is 6.39. The zero-order valence-electron chi connectivity index (χ0n) is 20.3. The van der Waals surface area contributed by atoms with E-state index in [1.54, 1.807) is 13.3 Å². The van der Waals surface area contributed by atoms with E-state index in [4.69, 9.17) is 25.2 Å². The molecule has 1 saturated heterocycles. The first-order valence-corrected chi connectivity index (χ1v) is 10.7. The molecule has 2 aromatic heterocycles. The summed E-state index contributed by atoms with van der Waals surface area (Å²) in [6, 6.07) is 7.50. The van der Waals surface area contributed by atoms with Crippen LogP contribution in [0.1, 0.15) is 17.0 Å². The van der Waals surface area contributed by atoms with Crippen LogP contribution in [0.25, 0.3) is 0 Å². The van der Waals surface area contributed by atoms with E-state index < -0.39 is 12.8 Å². The van der Waals surface area contributed by atoms with Gasteiger partial charge in [0.15, 0.2) is 0 Å². The number of hydrogen-bond donors (Lipinski definition) is 1. The van der Waals surface area contributed by atoms with E-state index in [0.717, 1.165) is 42.4 Å². The van der Waals surface area contributed by atoms with Crippen molar-refractivity contribution in [3.05, 3.63) is 47.4 Å². The van der Waals surface area contributed by atoms with Crippen LogP contribution in [-0.2, 0) is 6.98 Å². The van der Waals surface area contributed by atoms with Crippen molar-refractivity contribution in [2.24, 2.45) is 18.8 Å². The van der Waals surface area contributed by atoms with Crippen molar-refractivity contribution in [2.75, 3.05) is 30.4 Å². The maximum absolute atomic E-state index is 13.5. The van der Waals surface area contributed by atoms with E-state index in [-0.39, 0.29) is 28.8 Å². The van der Waals surface area contributed by atoms with Gasteiger partial charge in [-0.15, -0.1) is 5.10 Å². The maximum atomic E-state index is 13.5. The Balaban J connectivity index is 1.34. The number of fused-ring (bicyclic) bond motifs is 2. The Morgan fingerprint density at radius 2 is 2.03 bits per heavy atom. The third kappa shape index (κ3) is 4.04. The summed E-state index contributed by atoms with van der Waals surface area (Å²) < 4.78 is 48.6. The fraction of sp³-hybridized carbons (Fsp3) is 0.409. The Morgan fingerprint density at radius 1 is 1.22 bits per heavy atom. The summed E-state index contributed by atoms with van der Waals surface area (Å²) in [5.41, 5.74) is 1.06. The van der Waals surface area contributed by atoms with Crippen molar-refractivity contribution < 1.29 is 18.0 Å². The number of benzene rings is 1. The maximum Gasteiger partial charge on any atom is 0.321 e. The molecule has 0 radical (unpaired) electrons. The second kappa shape index (κ2) is 8.46. The molecule has 1 saturated carbocycles. The average molecular weight is 462 g/mol. The highest BCUT2D eigenvalue weighted by molar-refractivity contribution is 6.30. The zero-order chi connectivity index (χ0) is 24.7.